The number of likely N-dealkylation sites (N-methyl/N-ethyl adjacent to an activating group) is 1. The predicted octanol–water partition coefficient (Wildman–Crippen LogP) is 3.28. The lowest BCUT2D eigenvalue weighted by Crippen LogP contribution is -2.33. The fourth-order valence-electron chi connectivity index (χ4n) is 2.85. The van der Waals surface area contributed by atoms with Gasteiger partial charge in [-0.3, -0.25) is 9.78 Å². The van der Waals surface area contributed by atoms with Crippen LogP contribution in [0.5, 0.6) is 0 Å². The maximum Gasteiger partial charge on any atom is 0.255 e. The number of hydrogen-bond donors (Lipinski definition) is 1. The molecule has 0 atom stereocenters. The largest absolute Gasteiger partial charge is 0.342 e. The van der Waals surface area contributed by atoms with Gasteiger partial charge in [0.1, 0.15) is 5.82 Å². The molecule has 1 aromatic carbocycles. The monoisotopic (exact) mass is 322 g/mol. The van der Waals surface area contributed by atoms with Gasteiger partial charge in [-0.1, -0.05) is 12.1 Å². The minimum Gasteiger partial charge on any atom is -0.342 e. The number of benzene rings is 1. The topological polar surface area (TPSA) is 61.9 Å². The summed E-state index contributed by atoms with van der Waals surface area (Å²) < 4.78 is 0. The molecule has 0 unspecified atom stereocenters. The third-order valence-electron chi connectivity index (χ3n) is 4.32. The maximum absolute atomic E-state index is 12.7. The van der Waals surface area contributed by atoms with E-state index >= 15 is 0 Å². The molecule has 1 amide bonds. The van der Waals surface area contributed by atoms with E-state index in [0.29, 0.717) is 25.1 Å². The number of amides is 1. The van der Waals surface area contributed by atoms with Crippen molar-refractivity contribution in [2.75, 3.05) is 13.1 Å². The van der Waals surface area contributed by atoms with Crippen LogP contribution in [-0.2, 0) is 6.42 Å². The van der Waals surface area contributed by atoms with E-state index in [4.69, 9.17) is 0 Å². The van der Waals surface area contributed by atoms with Gasteiger partial charge in [0.15, 0.2) is 0 Å². The molecule has 2 aromatic heterocycles. The van der Waals surface area contributed by atoms with Crippen LogP contribution in [0.15, 0.2) is 36.7 Å². The number of fused-ring (bicyclic) bond motifs is 1. The number of nitrogens with zero attached hydrogens (tertiary/aromatic N) is 3. The molecule has 3 rings (SSSR count). The van der Waals surface area contributed by atoms with E-state index < -0.39 is 0 Å². The van der Waals surface area contributed by atoms with E-state index in [9.17, 15) is 4.79 Å². The van der Waals surface area contributed by atoms with Crippen LogP contribution in [-0.4, -0.2) is 38.8 Å². The molecule has 124 valence electrons. The van der Waals surface area contributed by atoms with Crippen LogP contribution in [0.1, 0.15) is 34.2 Å². The number of rotatable bonds is 5. The van der Waals surface area contributed by atoms with Crippen molar-refractivity contribution >= 4 is 16.9 Å². The highest BCUT2D eigenvalue weighted by Crippen LogP contribution is 2.16. The number of nitrogens with one attached hydrogen (secondary N) is 1. The van der Waals surface area contributed by atoms with Crippen LogP contribution in [0.3, 0.4) is 0 Å². The van der Waals surface area contributed by atoms with Crippen LogP contribution >= 0.6 is 0 Å². The number of carbonyl (C=O) groups is 1. The standard InChI is InChI=1S/C19H22N4O/c1-4-23(19(24)15-12-20-10-8-13(15)2)11-9-17-21-16-7-5-6-14(3)18(16)22-17/h5-8,10,12H,4,9,11H2,1-3H3,(H,21,22). The molecular formula is C19H22N4O. The van der Waals surface area contributed by atoms with Gasteiger partial charge in [-0.15, -0.1) is 0 Å². The van der Waals surface area contributed by atoms with Crippen molar-refractivity contribution in [3.8, 4) is 0 Å². The van der Waals surface area contributed by atoms with Gasteiger partial charge >= 0.3 is 0 Å². The Kier molecular flexibility index (Phi) is 4.60. The van der Waals surface area contributed by atoms with E-state index in [1.165, 1.54) is 0 Å². The SMILES string of the molecule is CCN(CCc1nc2c(C)cccc2[nH]1)C(=O)c1cnccc1C. The Balaban J connectivity index is 1.74. The molecule has 0 saturated heterocycles. The zero-order valence-electron chi connectivity index (χ0n) is 14.3. The maximum atomic E-state index is 12.7. The van der Waals surface area contributed by atoms with E-state index in [-0.39, 0.29) is 5.91 Å². The third-order valence-corrected chi connectivity index (χ3v) is 4.32. The second-order valence-corrected chi connectivity index (χ2v) is 5.98. The van der Waals surface area contributed by atoms with Crippen LogP contribution < -0.4 is 0 Å². The van der Waals surface area contributed by atoms with Crippen molar-refractivity contribution < 1.29 is 4.79 Å². The molecule has 0 radical (unpaired) electrons. The minimum absolute atomic E-state index is 0.0235. The summed E-state index contributed by atoms with van der Waals surface area (Å²) in [6.07, 6.45) is 4.05. The summed E-state index contributed by atoms with van der Waals surface area (Å²) in [5.41, 5.74) is 4.82. The van der Waals surface area contributed by atoms with Crippen LogP contribution in [0.4, 0.5) is 0 Å². The van der Waals surface area contributed by atoms with Crippen LogP contribution in [0.25, 0.3) is 11.0 Å². The molecule has 0 spiro atoms. The number of aryl methyl sites for hydroxylation is 2. The summed E-state index contributed by atoms with van der Waals surface area (Å²) in [5, 5.41) is 0. The van der Waals surface area contributed by atoms with Crippen molar-refractivity contribution in [3.63, 3.8) is 0 Å². The molecule has 0 aliphatic rings. The van der Waals surface area contributed by atoms with Crippen molar-refractivity contribution in [1.29, 1.82) is 0 Å². The van der Waals surface area contributed by atoms with Gasteiger partial charge in [0, 0.05) is 31.9 Å². The van der Waals surface area contributed by atoms with Gasteiger partial charge in [0.2, 0.25) is 0 Å². The predicted molar refractivity (Wildman–Crippen MR) is 95.1 cm³/mol. The average Bonchev–Trinajstić information content (AvgIpc) is 3.00. The molecule has 0 aliphatic heterocycles. The van der Waals surface area contributed by atoms with Crippen molar-refractivity contribution in [2.45, 2.75) is 27.2 Å². The Morgan fingerprint density at radius 2 is 2.04 bits per heavy atom. The van der Waals surface area contributed by atoms with Crippen molar-refractivity contribution in [2.24, 2.45) is 0 Å². The highest BCUT2D eigenvalue weighted by molar-refractivity contribution is 5.95. The van der Waals surface area contributed by atoms with E-state index in [2.05, 4.69) is 27.9 Å². The van der Waals surface area contributed by atoms with Gasteiger partial charge in [-0.2, -0.15) is 0 Å². The first-order valence-corrected chi connectivity index (χ1v) is 8.24. The number of H-pyrrole nitrogens is 1. The van der Waals surface area contributed by atoms with Gasteiger partial charge in [0.25, 0.3) is 5.91 Å². The number of aromatic nitrogens is 3. The molecular weight excluding hydrogens is 300 g/mol. The first kappa shape index (κ1) is 16.2. The van der Waals surface area contributed by atoms with Crippen LogP contribution in [0, 0.1) is 13.8 Å². The van der Waals surface area contributed by atoms with E-state index in [1.807, 2.05) is 36.9 Å². The Hall–Kier alpha value is -2.69. The quantitative estimate of drug-likeness (QED) is 0.784. The number of para-hydroxylation sites is 1. The first-order valence-electron chi connectivity index (χ1n) is 8.24. The van der Waals surface area contributed by atoms with Crippen LogP contribution in [0.2, 0.25) is 0 Å². The highest BCUT2D eigenvalue weighted by atomic mass is 16.2. The van der Waals surface area contributed by atoms with Gasteiger partial charge < -0.3 is 9.88 Å². The van der Waals surface area contributed by atoms with E-state index in [0.717, 1.165) is 28.0 Å². The molecule has 0 fully saturated rings. The highest BCUT2D eigenvalue weighted by Gasteiger charge is 2.17. The summed E-state index contributed by atoms with van der Waals surface area (Å²) in [7, 11) is 0. The molecule has 0 saturated carbocycles. The lowest BCUT2D eigenvalue weighted by atomic mass is 10.1. The van der Waals surface area contributed by atoms with Gasteiger partial charge in [-0.05, 0) is 44.0 Å². The van der Waals surface area contributed by atoms with Crippen molar-refractivity contribution in [3.05, 3.63) is 59.2 Å². The third kappa shape index (κ3) is 3.15. The molecule has 1 N–H and O–H groups in total. The van der Waals surface area contributed by atoms with Gasteiger partial charge in [0.05, 0.1) is 16.6 Å². The van der Waals surface area contributed by atoms with E-state index in [1.54, 1.807) is 12.4 Å². The summed E-state index contributed by atoms with van der Waals surface area (Å²) in [6.45, 7) is 7.27. The Labute approximate surface area is 141 Å². The number of imidazole rings is 1. The van der Waals surface area contributed by atoms with Gasteiger partial charge in [-0.25, -0.2) is 4.98 Å². The molecule has 0 bridgehead atoms. The Bertz CT molecular complexity index is 869. The molecule has 5 nitrogen and oxygen atoms in total. The lowest BCUT2D eigenvalue weighted by Gasteiger charge is -2.21. The Morgan fingerprint density at radius 3 is 2.75 bits per heavy atom. The number of carbonyl (C=O) groups excluding carboxylic acids is 1. The molecule has 3 aromatic rings. The smallest absolute Gasteiger partial charge is 0.255 e. The molecule has 24 heavy (non-hydrogen) atoms. The molecule has 0 aliphatic carbocycles. The fourth-order valence-corrected chi connectivity index (χ4v) is 2.85. The Morgan fingerprint density at radius 1 is 1.21 bits per heavy atom. The van der Waals surface area contributed by atoms with Crippen molar-refractivity contribution in [1.82, 2.24) is 19.9 Å². The summed E-state index contributed by atoms with van der Waals surface area (Å²) in [4.78, 5) is 26.6. The minimum atomic E-state index is 0.0235. The summed E-state index contributed by atoms with van der Waals surface area (Å²) in [5.74, 6) is 0.934. The first-order chi connectivity index (χ1) is 11.6. The zero-order valence-corrected chi connectivity index (χ0v) is 14.3. The normalized spacial score (nSPS) is 11.0. The number of hydrogen-bond acceptors (Lipinski definition) is 3. The fraction of sp³-hybridized carbons (Fsp3) is 0.316. The number of aromatic amines is 1. The summed E-state index contributed by atoms with van der Waals surface area (Å²) >= 11 is 0. The lowest BCUT2D eigenvalue weighted by molar-refractivity contribution is 0.0764. The average molecular weight is 322 g/mol. The summed E-state index contributed by atoms with van der Waals surface area (Å²) in [6, 6.07) is 7.97. The second kappa shape index (κ2) is 6.83. The zero-order chi connectivity index (χ0) is 17.1. The molecule has 5 heteroatoms. The second-order valence-electron chi connectivity index (χ2n) is 5.98. The molecule has 2 heterocycles. The number of pyridine rings is 1.